The molecule has 0 saturated heterocycles. The predicted octanol–water partition coefficient (Wildman–Crippen LogP) is -1.84. The van der Waals surface area contributed by atoms with Gasteiger partial charge in [0.2, 0.25) is 5.78 Å². The maximum absolute atomic E-state index is 12.4. The van der Waals surface area contributed by atoms with E-state index in [1.165, 1.54) is 24.3 Å². The van der Waals surface area contributed by atoms with Crippen LogP contribution in [-0.4, -0.2) is 62.8 Å². The Bertz CT molecular complexity index is 519. The third kappa shape index (κ3) is 3.87. The number of hydrogen-bond donors (Lipinski definition) is 5. The Hall–Kier alpha value is -1.84. The van der Waals surface area contributed by atoms with Gasteiger partial charge < -0.3 is 30.9 Å². The molecule has 0 aliphatic carbocycles. The largest absolute Gasteiger partial charge is 0.421 e. The number of carbonyl (C=O) groups excluding carboxylic acids is 2. The van der Waals surface area contributed by atoms with E-state index in [1.54, 1.807) is 6.07 Å². The number of nitrogens with two attached hydrogens (primary N) is 1. The zero-order valence-corrected chi connectivity index (χ0v) is 11.9. The molecule has 0 spiro atoms. The second-order valence-corrected chi connectivity index (χ2v) is 4.75. The van der Waals surface area contributed by atoms with E-state index in [9.17, 15) is 30.0 Å². The molecule has 0 saturated carbocycles. The lowest BCUT2D eigenvalue weighted by Gasteiger charge is -2.34. The number of ketones is 1. The lowest BCUT2D eigenvalue weighted by Crippen LogP contribution is -2.59. The van der Waals surface area contributed by atoms with Gasteiger partial charge in [-0.1, -0.05) is 30.3 Å². The van der Waals surface area contributed by atoms with E-state index in [4.69, 9.17) is 5.73 Å². The van der Waals surface area contributed by atoms with Gasteiger partial charge in [-0.15, -0.1) is 0 Å². The maximum atomic E-state index is 12.4. The fraction of sp³-hybridized carbons (Fsp3) is 0.429. The SMILES string of the molecule is C[C@@H](O)[C@@H](O)[C@H](O)[C@](O)(OC(=O)CN)C(=O)c1ccccc1. The number of rotatable bonds is 7. The van der Waals surface area contributed by atoms with Gasteiger partial charge in [0, 0.05) is 5.56 Å². The van der Waals surface area contributed by atoms with Crippen molar-refractivity contribution in [3.05, 3.63) is 35.9 Å². The number of carbonyl (C=O) groups is 2. The van der Waals surface area contributed by atoms with Crippen molar-refractivity contribution in [2.75, 3.05) is 6.54 Å². The summed E-state index contributed by atoms with van der Waals surface area (Å²) in [6.07, 6.45) is -5.68. The highest BCUT2D eigenvalue weighted by Crippen LogP contribution is 2.23. The van der Waals surface area contributed by atoms with E-state index in [0.717, 1.165) is 6.92 Å². The molecule has 0 aromatic heterocycles. The Labute approximate surface area is 126 Å². The predicted molar refractivity (Wildman–Crippen MR) is 74.6 cm³/mol. The van der Waals surface area contributed by atoms with Gasteiger partial charge in [-0.25, -0.2) is 0 Å². The van der Waals surface area contributed by atoms with Crippen molar-refractivity contribution in [3.63, 3.8) is 0 Å². The number of esters is 1. The number of ether oxygens (including phenoxy) is 1. The van der Waals surface area contributed by atoms with Crippen LogP contribution in [0.25, 0.3) is 0 Å². The normalized spacial score (nSPS) is 17.9. The van der Waals surface area contributed by atoms with Crippen LogP contribution in [0.1, 0.15) is 17.3 Å². The van der Waals surface area contributed by atoms with Crippen LogP contribution in [0, 0.1) is 0 Å². The fourth-order valence-electron chi connectivity index (χ4n) is 1.75. The maximum Gasteiger partial charge on any atom is 0.322 e. The molecule has 0 amide bonds. The summed E-state index contributed by atoms with van der Waals surface area (Å²) in [4.78, 5) is 23.7. The van der Waals surface area contributed by atoms with Gasteiger partial charge in [-0.2, -0.15) is 0 Å². The first-order valence-corrected chi connectivity index (χ1v) is 6.52. The lowest BCUT2D eigenvalue weighted by molar-refractivity contribution is -0.241. The second kappa shape index (κ2) is 7.43. The molecule has 0 aliphatic heterocycles. The Morgan fingerprint density at radius 3 is 2.23 bits per heavy atom. The van der Waals surface area contributed by atoms with Gasteiger partial charge in [-0.05, 0) is 6.92 Å². The Kier molecular flexibility index (Phi) is 6.15. The second-order valence-electron chi connectivity index (χ2n) is 4.75. The fourth-order valence-corrected chi connectivity index (χ4v) is 1.75. The first-order valence-electron chi connectivity index (χ1n) is 6.52. The first kappa shape index (κ1) is 18.2. The average molecular weight is 313 g/mol. The smallest absolute Gasteiger partial charge is 0.322 e. The summed E-state index contributed by atoms with van der Waals surface area (Å²) in [6, 6.07) is 7.25. The Morgan fingerprint density at radius 2 is 1.77 bits per heavy atom. The number of aliphatic hydroxyl groups is 4. The quantitative estimate of drug-likeness (QED) is 0.224. The monoisotopic (exact) mass is 313 g/mol. The molecule has 6 N–H and O–H groups in total. The minimum absolute atomic E-state index is 0.0633. The summed E-state index contributed by atoms with van der Waals surface area (Å²) in [5, 5.41) is 39.3. The van der Waals surface area contributed by atoms with E-state index in [0.29, 0.717) is 0 Å². The molecular formula is C14H19NO7. The van der Waals surface area contributed by atoms with Gasteiger partial charge in [0.15, 0.2) is 6.10 Å². The Balaban J connectivity index is 3.21. The van der Waals surface area contributed by atoms with Crippen molar-refractivity contribution in [1.29, 1.82) is 0 Å². The highest BCUT2D eigenvalue weighted by Gasteiger charge is 2.51. The molecule has 122 valence electrons. The third-order valence-electron chi connectivity index (χ3n) is 3.02. The first-order chi connectivity index (χ1) is 10.2. The summed E-state index contributed by atoms with van der Waals surface area (Å²) in [6.45, 7) is 0.480. The molecule has 0 heterocycles. The minimum Gasteiger partial charge on any atom is -0.421 e. The number of benzene rings is 1. The molecule has 8 heteroatoms. The topological polar surface area (TPSA) is 150 Å². The van der Waals surface area contributed by atoms with Crippen molar-refractivity contribution >= 4 is 11.8 Å². The van der Waals surface area contributed by atoms with E-state index in [-0.39, 0.29) is 5.56 Å². The van der Waals surface area contributed by atoms with Crippen LogP contribution in [0.15, 0.2) is 30.3 Å². The van der Waals surface area contributed by atoms with Crippen molar-refractivity contribution in [2.45, 2.75) is 31.0 Å². The van der Waals surface area contributed by atoms with E-state index in [2.05, 4.69) is 4.74 Å². The van der Waals surface area contributed by atoms with Crippen LogP contribution in [-0.2, 0) is 9.53 Å². The van der Waals surface area contributed by atoms with Crippen LogP contribution in [0.4, 0.5) is 0 Å². The zero-order valence-electron chi connectivity index (χ0n) is 11.9. The van der Waals surface area contributed by atoms with Crippen molar-refractivity contribution in [3.8, 4) is 0 Å². The summed E-state index contributed by atoms with van der Waals surface area (Å²) in [5.74, 6) is -5.39. The summed E-state index contributed by atoms with van der Waals surface area (Å²) in [7, 11) is 0. The zero-order chi connectivity index (χ0) is 16.9. The molecule has 1 rings (SSSR count). The molecule has 0 unspecified atom stereocenters. The molecular weight excluding hydrogens is 294 g/mol. The average Bonchev–Trinajstić information content (AvgIpc) is 2.52. The number of hydrogen-bond acceptors (Lipinski definition) is 8. The van der Waals surface area contributed by atoms with Crippen molar-refractivity contribution in [2.24, 2.45) is 5.73 Å². The standard InChI is InChI=1S/C14H19NO7/c1-8(16)11(18)13(20)14(21,22-10(17)7-15)12(19)9-5-3-2-4-6-9/h2-6,8,11,13,16,18,20-21H,7,15H2,1H3/t8-,11-,13+,14-/m1/s1. The molecule has 22 heavy (non-hydrogen) atoms. The molecule has 4 atom stereocenters. The van der Waals surface area contributed by atoms with Gasteiger partial charge in [0.1, 0.15) is 6.10 Å². The minimum atomic E-state index is -3.08. The van der Waals surface area contributed by atoms with Crippen LogP contribution in [0.3, 0.4) is 0 Å². The number of Topliss-reactive ketones (excluding diaryl/α,β-unsaturated/α-hetero) is 1. The lowest BCUT2D eigenvalue weighted by atomic mass is 9.93. The van der Waals surface area contributed by atoms with Crippen LogP contribution >= 0.6 is 0 Å². The molecule has 1 aromatic rings. The van der Waals surface area contributed by atoms with E-state index in [1.807, 2.05) is 0 Å². The summed E-state index contributed by atoms with van der Waals surface area (Å²) in [5.41, 5.74) is 5.00. The van der Waals surface area contributed by atoms with Crippen LogP contribution in [0.5, 0.6) is 0 Å². The molecule has 0 radical (unpaired) electrons. The molecule has 8 nitrogen and oxygen atoms in total. The van der Waals surface area contributed by atoms with Gasteiger partial charge >= 0.3 is 11.8 Å². The molecule has 0 fully saturated rings. The van der Waals surface area contributed by atoms with Crippen molar-refractivity contribution < 1.29 is 34.8 Å². The Morgan fingerprint density at radius 1 is 1.23 bits per heavy atom. The van der Waals surface area contributed by atoms with Crippen molar-refractivity contribution in [1.82, 2.24) is 0 Å². The van der Waals surface area contributed by atoms with E-state index < -0.39 is 42.4 Å². The highest BCUT2D eigenvalue weighted by molar-refractivity contribution is 6.02. The molecule has 0 aliphatic rings. The van der Waals surface area contributed by atoms with Crippen LogP contribution < -0.4 is 5.73 Å². The number of aliphatic hydroxyl groups excluding tert-OH is 3. The van der Waals surface area contributed by atoms with Gasteiger partial charge in [0.25, 0.3) is 0 Å². The third-order valence-corrected chi connectivity index (χ3v) is 3.02. The van der Waals surface area contributed by atoms with Gasteiger partial charge in [0.05, 0.1) is 12.6 Å². The van der Waals surface area contributed by atoms with Crippen LogP contribution in [0.2, 0.25) is 0 Å². The highest BCUT2D eigenvalue weighted by atomic mass is 16.7. The molecule has 0 bridgehead atoms. The summed E-state index contributed by atoms with van der Waals surface area (Å²) >= 11 is 0. The molecule has 1 aromatic carbocycles. The summed E-state index contributed by atoms with van der Waals surface area (Å²) < 4.78 is 4.56. The van der Waals surface area contributed by atoms with E-state index >= 15 is 0 Å². The van der Waals surface area contributed by atoms with Gasteiger partial charge in [-0.3, -0.25) is 9.59 Å².